The molecule has 31 heavy (non-hydrogen) atoms. The summed E-state index contributed by atoms with van der Waals surface area (Å²) in [5.41, 5.74) is 1.36. The minimum atomic E-state index is -0.310. The third kappa shape index (κ3) is 5.96. The molecule has 0 fully saturated rings. The smallest absolute Gasteiger partial charge is 0.224 e. The van der Waals surface area contributed by atoms with Crippen LogP contribution in [0.2, 0.25) is 15.1 Å². The SMILES string of the molecule is O=C(Cc1ccc(Cl)c(SC2=C(O)CC(c3c(Cl)cccc3Cl)CC2=O)c1)NCCO. The Bertz CT molecular complexity index is 1020. The van der Waals surface area contributed by atoms with E-state index in [1.807, 2.05) is 0 Å². The Kier molecular flexibility index (Phi) is 8.30. The van der Waals surface area contributed by atoms with Gasteiger partial charge in [-0.3, -0.25) is 9.59 Å². The van der Waals surface area contributed by atoms with Crippen molar-refractivity contribution in [2.45, 2.75) is 30.1 Å². The number of aliphatic hydroxyl groups is 2. The topological polar surface area (TPSA) is 86.6 Å². The molecular weight excluding hydrogens is 481 g/mol. The Labute approximate surface area is 199 Å². The Hall–Kier alpha value is -1.70. The molecule has 164 valence electrons. The first-order chi connectivity index (χ1) is 14.8. The summed E-state index contributed by atoms with van der Waals surface area (Å²) in [4.78, 5) is 25.5. The van der Waals surface area contributed by atoms with Crippen molar-refractivity contribution in [1.82, 2.24) is 5.32 Å². The molecule has 2 aromatic rings. The summed E-state index contributed by atoms with van der Waals surface area (Å²) >= 11 is 19.9. The lowest BCUT2D eigenvalue weighted by molar-refractivity contribution is -0.120. The normalized spacial score (nSPS) is 16.5. The fourth-order valence-electron chi connectivity index (χ4n) is 3.39. The molecule has 0 saturated carbocycles. The van der Waals surface area contributed by atoms with Gasteiger partial charge in [0.1, 0.15) is 5.76 Å². The van der Waals surface area contributed by atoms with Gasteiger partial charge in [-0.1, -0.05) is 58.7 Å². The quantitative estimate of drug-likeness (QED) is 0.480. The molecule has 5 nitrogen and oxygen atoms in total. The first-order valence-corrected chi connectivity index (χ1v) is 11.5. The van der Waals surface area contributed by atoms with Crippen molar-refractivity contribution in [3.05, 3.63) is 73.3 Å². The van der Waals surface area contributed by atoms with Crippen molar-refractivity contribution < 1.29 is 19.8 Å². The number of carbonyl (C=O) groups is 2. The second kappa shape index (κ2) is 10.7. The second-order valence-electron chi connectivity index (χ2n) is 7.06. The fourth-order valence-corrected chi connectivity index (χ4v) is 5.32. The number of hydrogen-bond donors (Lipinski definition) is 3. The van der Waals surface area contributed by atoms with Crippen molar-refractivity contribution in [2.75, 3.05) is 13.2 Å². The van der Waals surface area contributed by atoms with Gasteiger partial charge in [-0.05, 0) is 35.4 Å². The Morgan fingerprint density at radius 2 is 1.81 bits per heavy atom. The number of ketones is 1. The van der Waals surface area contributed by atoms with Gasteiger partial charge in [0.25, 0.3) is 0 Å². The lowest BCUT2D eigenvalue weighted by Gasteiger charge is -2.25. The number of carbonyl (C=O) groups excluding carboxylic acids is 2. The van der Waals surface area contributed by atoms with E-state index in [1.54, 1.807) is 36.4 Å². The highest BCUT2D eigenvalue weighted by atomic mass is 35.5. The number of aliphatic hydroxyl groups excluding tert-OH is 2. The molecule has 2 aromatic carbocycles. The molecular formula is C22H20Cl3NO4S. The van der Waals surface area contributed by atoms with E-state index in [1.165, 1.54) is 0 Å². The van der Waals surface area contributed by atoms with Gasteiger partial charge in [-0.25, -0.2) is 0 Å². The largest absolute Gasteiger partial charge is 0.511 e. The Morgan fingerprint density at radius 3 is 2.45 bits per heavy atom. The summed E-state index contributed by atoms with van der Waals surface area (Å²) in [7, 11) is 0. The van der Waals surface area contributed by atoms with E-state index in [2.05, 4.69) is 5.32 Å². The molecule has 3 rings (SSSR count). The zero-order valence-corrected chi connectivity index (χ0v) is 19.4. The predicted octanol–water partition coefficient (Wildman–Crippen LogP) is 5.31. The van der Waals surface area contributed by atoms with Crippen molar-refractivity contribution in [3.8, 4) is 0 Å². The Balaban J connectivity index is 1.80. The van der Waals surface area contributed by atoms with Crippen LogP contribution in [0.25, 0.3) is 0 Å². The van der Waals surface area contributed by atoms with Gasteiger partial charge in [-0.15, -0.1) is 0 Å². The van der Waals surface area contributed by atoms with E-state index in [0.717, 1.165) is 11.8 Å². The van der Waals surface area contributed by atoms with Crippen LogP contribution >= 0.6 is 46.6 Å². The van der Waals surface area contributed by atoms with Crippen LogP contribution in [0, 0.1) is 0 Å². The van der Waals surface area contributed by atoms with E-state index >= 15 is 0 Å². The molecule has 3 N–H and O–H groups in total. The molecule has 0 heterocycles. The number of allylic oxidation sites excluding steroid dienone is 2. The monoisotopic (exact) mass is 499 g/mol. The van der Waals surface area contributed by atoms with Crippen LogP contribution in [0.15, 0.2) is 52.0 Å². The van der Waals surface area contributed by atoms with Crippen molar-refractivity contribution in [1.29, 1.82) is 0 Å². The van der Waals surface area contributed by atoms with Crippen LogP contribution in [0.4, 0.5) is 0 Å². The molecule has 0 saturated heterocycles. The number of halogens is 3. The third-order valence-corrected chi connectivity index (χ3v) is 7.13. The minimum absolute atomic E-state index is 0.0376. The molecule has 0 radical (unpaired) electrons. The fraction of sp³-hybridized carbons (Fsp3) is 0.273. The molecule has 1 aliphatic carbocycles. The lowest BCUT2D eigenvalue weighted by atomic mass is 9.86. The average Bonchev–Trinajstić information content (AvgIpc) is 2.71. The van der Waals surface area contributed by atoms with Gasteiger partial charge < -0.3 is 15.5 Å². The minimum Gasteiger partial charge on any atom is -0.511 e. The standard InChI is InChI=1S/C22H20Cl3NO4S/c23-14-5-4-12(9-20(30)26-6-7-27)8-19(14)31-22-17(28)10-13(11-18(22)29)21-15(24)2-1-3-16(21)25/h1-5,8,13,27-28H,6-7,9-11H2,(H,26,30). The van der Waals surface area contributed by atoms with Gasteiger partial charge in [0.2, 0.25) is 5.91 Å². The van der Waals surface area contributed by atoms with Gasteiger partial charge in [0.15, 0.2) is 5.78 Å². The maximum Gasteiger partial charge on any atom is 0.224 e. The van der Waals surface area contributed by atoms with Crippen LogP contribution in [-0.4, -0.2) is 35.1 Å². The van der Waals surface area contributed by atoms with E-state index in [4.69, 9.17) is 39.9 Å². The molecule has 0 aromatic heterocycles. The highest BCUT2D eigenvalue weighted by Gasteiger charge is 2.32. The zero-order valence-electron chi connectivity index (χ0n) is 16.3. The summed E-state index contributed by atoms with van der Waals surface area (Å²) < 4.78 is 0. The van der Waals surface area contributed by atoms with E-state index in [0.29, 0.717) is 31.1 Å². The van der Waals surface area contributed by atoms with Gasteiger partial charge in [0.05, 0.1) is 23.0 Å². The van der Waals surface area contributed by atoms with Crippen molar-refractivity contribution in [3.63, 3.8) is 0 Å². The number of benzene rings is 2. The van der Waals surface area contributed by atoms with Gasteiger partial charge in [-0.2, -0.15) is 0 Å². The first kappa shape index (κ1) is 24.0. The van der Waals surface area contributed by atoms with E-state index in [9.17, 15) is 14.7 Å². The zero-order chi connectivity index (χ0) is 22.5. The highest BCUT2D eigenvalue weighted by Crippen LogP contribution is 2.45. The summed E-state index contributed by atoms with van der Waals surface area (Å²) in [5.74, 6) is -0.807. The van der Waals surface area contributed by atoms with E-state index < -0.39 is 0 Å². The number of Topliss-reactive ketones (excluding diaryl/α,β-unsaturated/α-hetero) is 1. The summed E-state index contributed by atoms with van der Waals surface area (Å²) in [6, 6.07) is 10.2. The summed E-state index contributed by atoms with van der Waals surface area (Å²) in [6.45, 7) is 0.0449. The van der Waals surface area contributed by atoms with Crippen LogP contribution in [0.5, 0.6) is 0 Å². The van der Waals surface area contributed by atoms with Crippen molar-refractivity contribution >= 4 is 58.3 Å². The predicted molar refractivity (Wildman–Crippen MR) is 124 cm³/mol. The number of amides is 1. The van der Waals surface area contributed by atoms with Crippen LogP contribution in [0.3, 0.4) is 0 Å². The molecule has 0 spiro atoms. The van der Waals surface area contributed by atoms with Gasteiger partial charge in [0, 0.05) is 40.2 Å². The molecule has 9 heteroatoms. The summed E-state index contributed by atoms with van der Waals surface area (Å²) in [6.07, 6.45) is 0.506. The number of rotatable bonds is 7. The third-order valence-electron chi connectivity index (χ3n) is 4.80. The first-order valence-electron chi connectivity index (χ1n) is 9.53. The molecule has 1 aliphatic rings. The summed E-state index contributed by atoms with van der Waals surface area (Å²) in [5, 5.41) is 23.4. The number of thioether (sulfide) groups is 1. The molecule has 0 bridgehead atoms. The van der Waals surface area contributed by atoms with Gasteiger partial charge >= 0.3 is 0 Å². The van der Waals surface area contributed by atoms with Crippen LogP contribution in [0.1, 0.15) is 29.9 Å². The Morgan fingerprint density at radius 1 is 1.10 bits per heavy atom. The molecule has 1 amide bonds. The average molecular weight is 501 g/mol. The van der Waals surface area contributed by atoms with Crippen molar-refractivity contribution in [2.24, 2.45) is 0 Å². The van der Waals surface area contributed by atoms with Crippen LogP contribution in [-0.2, 0) is 16.0 Å². The lowest BCUT2D eigenvalue weighted by Crippen LogP contribution is -2.27. The number of hydrogen-bond acceptors (Lipinski definition) is 5. The second-order valence-corrected chi connectivity index (χ2v) is 9.33. The maximum absolute atomic E-state index is 12.9. The number of nitrogens with one attached hydrogen (secondary N) is 1. The van der Waals surface area contributed by atoms with E-state index in [-0.39, 0.29) is 60.7 Å². The molecule has 1 atom stereocenters. The highest BCUT2D eigenvalue weighted by molar-refractivity contribution is 8.04. The maximum atomic E-state index is 12.9. The molecule has 0 aliphatic heterocycles. The van der Waals surface area contributed by atoms with Crippen LogP contribution < -0.4 is 5.32 Å². The molecule has 1 unspecified atom stereocenters.